The Morgan fingerprint density at radius 3 is 2.79 bits per heavy atom. The van der Waals surface area contributed by atoms with Crippen LogP contribution in [0.4, 0.5) is 23.3 Å². The van der Waals surface area contributed by atoms with Crippen LogP contribution in [0.1, 0.15) is 41.0 Å². The lowest BCUT2D eigenvalue weighted by Gasteiger charge is -2.37. The van der Waals surface area contributed by atoms with Crippen molar-refractivity contribution in [2.75, 3.05) is 37.6 Å². The molecule has 1 aliphatic heterocycles. The van der Waals surface area contributed by atoms with E-state index in [-0.39, 0.29) is 0 Å². The topological polar surface area (TPSA) is 107 Å². The Kier molecular flexibility index (Phi) is 5.85. The number of rotatable bonds is 5. The molecule has 174 valence electrons. The molecular weight excluding hydrogens is 445 g/mol. The maximum atomic E-state index is 12.5. The van der Waals surface area contributed by atoms with Gasteiger partial charge in [0.1, 0.15) is 24.6 Å². The lowest BCUT2D eigenvalue weighted by Crippen LogP contribution is -2.33. The highest BCUT2D eigenvalue weighted by Gasteiger charge is 2.29. The Bertz CT molecular complexity index is 1340. The molecule has 1 atom stereocenters. The highest BCUT2D eigenvalue weighted by atomic mass is 31.2. The van der Waals surface area contributed by atoms with Crippen LogP contribution in [-0.4, -0.2) is 46.8 Å². The second-order valence-electron chi connectivity index (χ2n) is 9.56. The first-order chi connectivity index (χ1) is 16.3. The van der Waals surface area contributed by atoms with Crippen LogP contribution in [0.2, 0.25) is 0 Å². The molecule has 3 heterocycles. The number of hydrogen-bond donors (Lipinski definition) is 2. The quantitative estimate of drug-likeness (QED) is 0.527. The van der Waals surface area contributed by atoms with Crippen molar-refractivity contribution in [3.8, 4) is 6.07 Å². The third-order valence-corrected chi connectivity index (χ3v) is 8.03. The summed E-state index contributed by atoms with van der Waals surface area (Å²) < 4.78 is 12.5. The molecule has 34 heavy (non-hydrogen) atoms. The van der Waals surface area contributed by atoms with Crippen LogP contribution in [0.25, 0.3) is 0 Å². The number of aryl methyl sites for hydroxylation is 1. The number of hydrogen-bond acceptors (Lipinski definition) is 8. The van der Waals surface area contributed by atoms with Crippen molar-refractivity contribution in [2.24, 2.45) is 0 Å². The zero-order chi connectivity index (χ0) is 23.9. The third kappa shape index (κ3) is 4.54. The molecule has 0 radical (unpaired) electrons. The van der Waals surface area contributed by atoms with Gasteiger partial charge in [0.15, 0.2) is 5.82 Å². The molecule has 8 nitrogen and oxygen atoms in total. The number of nitrogens with one attached hydrogen (secondary N) is 2. The number of anilines is 4. The molecule has 0 saturated carbocycles. The number of pyridine rings is 1. The van der Waals surface area contributed by atoms with Gasteiger partial charge in [0.25, 0.3) is 0 Å². The molecule has 0 bridgehead atoms. The molecule has 2 aromatic heterocycles. The summed E-state index contributed by atoms with van der Waals surface area (Å²) >= 11 is 0. The lowest BCUT2D eigenvalue weighted by atomic mass is 9.77. The number of nitrogens with zero attached hydrogens (tertiary/aromatic N) is 5. The summed E-state index contributed by atoms with van der Waals surface area (Å²) in [5.41, 5.74) is 5.58. The predicted molar refractivity (Wildman–Crippen MR) is 135 cm³/mol. The molecule has 1 aromatic carbocycles. The van der Waals surface area contributed by atoms with E-state index in [0.717, 1.165) is 25.2 Å². The minimum absolute atomic E-state index is 0.305. The molecular formula is C25H28N7OP. The van der Waals surface area contributed by atoms with Gasteiger partial charge in [-0.15, -0.1) is 0 Å². The van der Waals surface area contributed by atoms with Crippen molar-refractivity contribution in [1.82, 2.24) is 19.9 Å². The van der Waals surface area contributed by atoms with Gasteiger partial charge in [-0.1, -0.05) is 0 Å². The predicted octanol–water partition coefficient (Wildman–Crippen LogP) is 4.34. The van der Waals surface area contributed by atoms with Crippen molar-refractivity contribution in [2.45, 2.75) is 31.7 Å². The molecule has 2 aliphatic rings. The van der Waals surface area contributed by atoms with Crippen molar-refractivity contribution in [3.05, 3.63) is 58.9 Å². The second-order valence-corrected chi connectivity index (χ2v) is 12.8. The molecule has 5 rings (SSSR count). The maximum Gasteiger partial charge on any atom is 0.229 e. The van der Waals surface area contributed by atoms with Crippen LogP contribution in [0.3, 0.4) is 0 Å². The fourth-order valence-electron chi connectivity index (χ4n) is 5.00. The van der Waals surface area contributed by atoms with Crippen LogP contribution in [0.5, 0.6) is 0 Å². The van der Waals surface area contributed by atoms with E-state index >= 15 is 0 Å². The third-order valence-electron chi connectivity index (χ3n) is 6.51. The molecule has 0 saturated heterocycles. The Balaban J connectivity index is 1.44. The van der Waals surface area contributed by atoms with E-state index in [2.05, 4.69) is 55.7 Å². The monoisotopic (exact) mass is 473 g/mol. The first kappa shape index (κ1) is 22.5. The van der Waals surface area contributed by atoms with E-state index in [1.54, 1.807) is 31.7 Å². The summed E-state index contributed by atoms with van der Waals surface area (Å²) in [5.74, 6) is 1.86. The zero-order valence-electron chi connectivity index (χ0n) is 19.7. The van der Waals surface area contributed by atoms with E-state index in [0.29, 0.717) is 34.4 Å². The summed E-state index contributed by atoms with van der Waals surface area (Å²) in [4.78, 5) is 15.6. The summed E-state index contributed by atoms with van der Waals surface area (Å²) in [6.07, 6.45) is 6.67. The average Bonchev–Trinajstić information content (AvgIpc) is 2.79. The normalized spacial score (nSPS) is 17.5. The molecule has 1 unspecified atom stereocenters. The Hall–Kier alpha value is -3.27. The Morgan fingerprint density at radius 1 is 1.18 bits per heavy atom. The minimum atomic E-state index is -2.44. The van der Waals surface area contributed by atoms with Crippen LogP contribution in [-0.2, 0) is 17.5 Å². The van der Waals surface area contributed by atoms with Crippen LogP contribution >= 0.6 is 7.14 Å². The van der Waals surface area contributed by atoms with Crippen molar-refractivity contribution < 1.29 is 4.57 Å². The largest absolute Gasteiger partial charge is 0.324 e. The Morgan fingerprint density at radius 2 is 2.00 bits per heavy atom. The van der Waals surface area contributed by atoms with Gasteiger partial charge in [-0.05, 0) is 86.5 Å². The molecule has 0 amide bonds. The SMILES string of the molecule is CN1Cc2cc(Nc3ncc(C#N)c(Nc4cc(P(C)(C)=O)ccn4)n3)cc3c2C(CCC3)C1. The minimum Gasteiger partial charge on any atom is -0.324 e. The smallest absolute Gasteiger partial charge is 0.229 e. The van der Waals surface area contributed by atoms with E-state index in [9.17, 15) is 9.83 Å². The number of likely N-dealkylation sites (N-methyl/N-ethyl adjacent to an activating group) is 1. The second kappa shape index (κ2) is 8.83. The van der Waals surface area contributed by atoms with Crippen LogP contribution in [0, 0.1) is 11.3 Å². The summed E-state index contributed by atoms with van der Waals surface area (Å²) in [5, 5.41) is 16.7. The molecule has 0 spiro atoms. The van der Waals surface area contributed by atoms with Gasteiger partial charge >= 0.3 is 0 Å². The van der Waals surface area contributed by atoms with E-state index in [4.69, 9.17) is 0 Å². The summed E-state index contributed by atoms with van der Waals surface area (Å²) in [6.45, 7) is 5.49. The van der Waals surface area contributed by atoms with E-state index < -0.39 is 7.14 Å². The summed E-state index contributed by atoms with van der Waals surface area (Å²) in [7, 11) is -0.261. The van der Waals surface area contributed by atoms with Gasteiger partial charge < -0.3 is 20.1 Å². The molecule has 3 aromatic rings. The highest BCUT2D eigenvalue weighted by Crippen LogP contribution is 2.40. The summed E-state index contributed by atoms with van der Waals surface area (Å²) in [6, 6.07) is 10.0. The number of benzene rings is 1. The number of aromatic nitrogens is 3. The Labute approximate surface area is 199 Å². The number of nitriles is 1. The lowest BCUT2D eigenvalue weighted by molar-refractivity contribution is 0.266. The molecule has 1 aliphatic carbocycles. The van der Waals surface area contributed by atoms with Crippen LogP contribution < -0.4 is 15.9 Å². The highest BCUT2D eigenvalue weighted by molar-refractivity contribution is 7.70. The van der Waals surface area contributed by atoms with Crippen LogP contribution in [0.15, 0.2) is 36.7 Å². The van der Waals surface area contributed by atoms with Gasteiger partial charge in [0.05, 0.1) is 6.20 Å². The first-order valence-corrected chi connectivity index (χ1v) is 14.1. The molecule has 9 heteroatoms. The van der Waals surface area contributed by atoms with Gasteiger partial charge in [0.2, 0.25) is 5.95 Å². The average molecular weight is 474 g/mol. The standard InChI is InChI=1S/C25H28N7OP/c1-32-14-17-6-4-5-16-9-20(10-18(15-32)23(16)17)29-25-28-13-19(12-26)24(31-25)30-22-11-21(7-8-27-22)34(2,3)33/h7-11,13,17H,4-6,14-15H2,1-3H3,(H2,27,28,29,30,31). The fourth-order valence-corrected chi connectivity index (χ4v) is 5.86. The van der Waals surface area contributed by atoms with E-state index in [1.165, 1.54) is 35.7 Å². The molecule has 0 fully saturated rings. The van der Waals surface area contributed by atoms with Crippen molar-refractivity contribution >= 4 is 35.7 Å². The molecule has 2 N–H and O–H groups in total. The van der Waals surface area contributed by atoms with Gasteiger partial charge in [-0.25, -0.2) is 9.97 Å². The van der Waals surface area contributed by atoms with Gasteiger partial charge in [-0.2, -0.15) is 10.2 Å². The van der Waals surface area contributed by atoms with Crippen molar-refractivity contribution in [3.63, 3.8) is 0 Å². The fraction of sp³-hybridized carbons (Fsp3) is 0.360. The van der Waals surface area contributed by atoms with Gasteiger partial charge in [0, 0.05) is 30.3 Å². The van der Waals surface area contributed by atoms with E-state index in [1.807, 2.05) is 0 Å². The van der Waals surface area contributed by atoms with Gasteiger partial charge in [-0.3, -0.25) is 0 Å². The maximum absolute atomic E-state index is 12.5. The first-order valence-electron chi connectivity index (χ1n) is 11.5. The zero-order valence-corrected chi connectivity index (χ0v) is 20.6. The van der Waals surface area contributed by atoms with Crippen molar-refractivity contribution in [1.29, 1.82) is 5.26 Å².